The molecule has 2 unspecified atom stereocenters. The predicted octanol–water partition coefficient (Wildman–Crippen LogP) is 2.59. The second-order valence-corrected chi connectivity index (χ2v) is 5.56. The van der Waals surface area contributed by atoms with Crippen LogP contribution in [0.3, 0.4) is 0 Å². The van der Waals surface area contributed by atoms with Gasteiger partial charge in [-0.15, -0.1) is 0 Å². The van der Waals surface area contributed by atoms with Crippen LogP contribution in [0.1, 0.15) is 38.3 Å². The minimum atomic E-state index is -0.0203. The Morgan fingerprint density at radius 3 is 2.86 bits per heavy atom. The molecule has 0 aliphatic carbocycles. The molecule has 4 nitrogen and oxygen atoms in total. The first-order valence-electron chi connectivity index (χ1n) is 8.05. The van der Waals surface area contributed by atoms with E-state index in [4.69, 9.17) is 15.2 Å². The van der Waals surface area contributed by atoms with E-state index >= 15 is 0 Å². The van der Waals surface area contributed by atoms with E-state index in [0.29, 0.717) is 12.7 Å². The smallest absolute Gasteiger partial charge is 0.124 e. The van der Waals surface area contributed by atoms with Gasteiger partial charge in [-0.3, -0.25) is 4.90 Å². The Kier molecular flexibility index (Phi) is 6.49. The van der Waals surface area contributed by atoms with Gasteiger partial charge in [0.2, 0.25) is 0 Å². The van der Waals surface area contributed by atoms with Crippen molar-refractivity contribution in [3.8, 4) is 5.75 Å². The van der Waals surface area contributed by atoms with Crippen molar-refractivity contribution in [2.24, 2.45) is 5.73 Å². The van der Waals surface area contributed by atoms with Gasteiger partial charge < -0.3 is 15.2 Å². The number of likely N-dealkylation sites (tertiary alicyclic amines) is 1. The van der Waals surface area contributed by atoms with Crippen LogP contribution < -0.4 is 10.5 Å². The molecule has 1 saturated heterocycles. The highest BCUT2D eigenvalue weighted by atomic mass is 16.5. The van der Waals surface area contributed by atoms with Crippen molar-refractivity contribution >= 4 is 0 Å². The minimum absolute atomic E-state index is 0.0203. The zero-order chi connectivity index (χ0) is 15.1. The molecule has 0 bridgehead atoms. The lowest BCUT2D eigenvalue weighted by atomic mass is 10.0. The average Bonchev–Trinajstić information content (AvgIpc) is 2.49. The number of benzene rings is 1. The topological polar surface area (TPSA) is 47.7 Å². The highest BCUT2D eigenvalue weighted by molar-refractivity contribution is 5.36. The summed E-state index contributed by atoms with van der Waals surface area (Å²) >= 11 is 0. The monoisotopic (exact) mass is 292 g/mol. The van der Waals surface area contributed by atoms with Gasteiger partial charge in [-0.2, -0.15) is 0 Å². The van der Waals surface area contributed by atoms with Crippen LogP contribution in [0.25, 0.3) is 0 Å². The van der Waals surface area contributed by atoms with E-state index in [-0.39, 0.29) is 6.04 Å². The molecule has 1 fully saturated rings. The molecular formula is C17H28N2O2. The second kappa shape index (κ2) is 8.37. The van der Waals surface area contributed by atoms with Crippen molar-refractivity contribution in [3.63, 3.8) is 0 Å². The number of hydrogen-bond donors (Lipinski definition) is 1. The maximum atomic E-state index is 6.41. The van der Waals surface area contributed by atoms with Gasteiger partial charge in [0.05, 0.1) is 12.7 Å². The van der Waals surface area contributed by atoms with Crippen molar-refractivity contribution in [1.29, 1.82) is 0 Å². The Morgan fingerprint density at radius 1 is 1.29 bits per heavy atom. The van der Waals surface area contributed by atoms with Crippen LogP contribution in [0.4, 0.5) is 0 Å². The van der Waals surface area contributed by atoms with Crippen LogP contribution in [-0.4, -0.2) is 43.9 Å². The van der Waals surface area contributed by atoms with E-state index in [9.17, 15) is 0 Å². The molecule has 1 aliphatic heterocycles. The first-order valence-corrected chi connectivity index (χ1v) is 8.05. The molecule has 2 rings (SSSR count). The number of nitrogens with zero attached hydrogens (tertiary/aromatic N) is 1. The molecular weight excluding hydrogens is 264 g/mol. The number of rotatable bonds is 7. The summed E-state index contributed by atoms with van der Waals surface area (Å²) in [6, 6.07) is 8.06. The Labute approximate surface area is 128 Å². The van der Waals surface area contributed by atoms with E-state index in [0.717, 1.165) is 44.0 Å². The molecule has 1 heterocycles. The van der Waals surface area contributed by atoms with Crippen molar-refractivity contribution in [3.05, 3.63) is 29.8 Å². The highest BCUT2D eigenvalue weighted by Crippen LogP contribution is 2.25. The van der Waals surface area contributed by atoms with Gasteiger partial charge in [0.25, 0.3) is 0 Å². The van der Waals surface area contributed by atoms with Gasteiger partial charge in [0.15, 0.2) is 0 Å². The summed E-state index contributed by atoms with van der Waals surface area (Å²) in [4.78, 5) is 2.41. The predicted molar refractivity (Wildman–Crippen MR) is 85.6 cm³/mol. The fraction of sp³-hybridized carbons (Fsp3) is 0.647. The van der Waals surface area contributed by atoms with E-state index in [2.05, 4.69) is 17.9 Å². The quantitative estimate of drug-likeness (QED) is 0.839. The summed E-state index contributed by atoms with van der Waals surface area (Å²) in [5, 5.41) is 0. The number of para-hydroxylation sites is 1. The van der Waals surface area contributed by atoms with Crippen molar-refractivity contribution in [1.82, 2.24) is 4.90 Å². The maximum absolute atomic E-state index is 6.41. The average molecular weight is 292 g/mol. The molecule has 2 N–H and O–H groups in total. The molecule has 1 aromatic carbocycles. The standard InChI is InChI=1S/C17H28N2O2/c1-3-20-14-8-7-11-19(12-14)13-16(18)15-9-5-6-10-17(15)21-4-2/h5-6,9-10,14,16H,3-4,7-8,11-13,18H2,1-2H3. The molecule has 0 spiro atoms. The normalized spacial score (nSPS) is 21.2. The lowest BCUT2D eigenvalue weighted by Gasteiger charge is -2.34. The fourth-order valence-corrected chi connectivity index (χ4v) is 3.00. The fourth-order valence-electron chi connectivity index (χ4n) is 3.00. The van der Waals surface area contributed by atoms with Crippen LogP contribution in [0, 0.1) is 0 Å². The summed E-state index contributed by atoms with van der Waals surface area (Å²) in [5.41, 5.74) is 7.51. The molecule has 4 heteroatoms. The highest BCUT2D eigenvalue weighted by Gasteiger charge is 2.22. The molecule has 0 saturated carbocycles. The third-order valence-electron chi connectivity index (χ3n) is 3.94. The number of piperidine rings is 1. The zero-order valence-electron chi connectivity index (χ0n) is 13.3. The van der Waals surface area contributed by atoms with Gasteiger partial charge in [-0.25, -0.2) is 0 Å². The number of hydrogen-bond acceptors (Lipinski definition) is 4. The van der Waals surface area contributed by atoms with Crippen LogP contribution >= 0.6 is 0 Å². The molecule has 0 amide bonds. The van der Waals surface area contributed by atoms with E-state index in [1.54, 1.807) is 0 Å². The maximum Gasteiger partial charge on any atom is 0.124 e. The SMILES string of the molecule is CCOc1ccccc1C(N)CN1CCCC(OCC)C1. The van der Waals surface area contributed by atoms with Gasteiger partial charge in [-0.1, -0.05) is 18.2 Å². The Hall–Kier alpha value is -1.10. The summed E-state index contributed by atoms with van der Waals surface area (Å²) < 4.78 is 11.4. The van der Waals surface area contributed by atoms with Crippen LogP contribution in [0.5, 0.6) is 5.75 Å². The molecule has 0 radical (unpaired) electrons. The first kappa shape index (κ1) is 16.3. The number of ether oxygens (including phenoxy) is 2. The summed E-state index contributed by atoms with van der Waals surface area (Å²) in [5.74, 6) is 0.908. The molecule has 21 heavy (non-hydrogen) atoms. The molecule has 2 atom stereocenters. The Bertz CT molecular complexity index is 423. The van der Waals surface area contributed by atoms with Crippen molar-refractivity contribution in [2.75, 3.05) is 32.8 Å². The van der Waals surface area contributed by atoms with Gasteiger partial charge in [0.1, 0.15) is 5.75 Å². The lowest BCUT2D eigenvalue weighted by Crippen LogP contribution is -2.43. The molecule has 1 aromatic rings. The Balaban J connectivity index is 1.96. The third kappa shape index (κ3) is 4.70. The zero-order valence-corrected chi connectivity index (χ0v) is 13.3. The summed E-state index contributed by atoms with van der Waals surface area (Å²) in [7, 11) is 0. The molecule has 118 valence electrons. The van der Waals surface area contributed by atoms with Crippen LogP contribution in [0.2, 0.25) is 0 Å². The van der Waals surface area contributed by atoms with Crippen molar-refractivity contribution in [2.45, 2.75) is 38.8 Å². The molecule has 0 aromatic heterocycles. The summed E-state index contributed by atoms with van der Waals surface area (Å²) in [6.07, 6.45) is 2.71. The second-order valence-electron chi connectivity index (χ2n) is 5.56. The lowest BCUT2D eigenvalue weighted by molar-refractivity contribution is 0.00444. The summed E-state index contributed by atoms with van der Waals surface area (Å²) in [6.45, 7) is 8.46. The van der Waals surface area contributed by atoms with E-state index < -0.39 is 0 Å². The van der Waals surface area contributed by atoms with Gasteiger partial charge >= 0.3 is 0 Å². The molecule has 1 aliphatic rings. The van der Waals surface area contributed by atoms with E-state index in [1.807, 2.05) is 25.1 Å². The minimum Gasteiger partial charge on any atom is -0.494 e. The van der Waals surface area contributed by atoms with Crippen LogP contribution in [-0.2, 0) is 4.74 Å². The van der Waals surface area contributed by atoms with Gasteiger partial charge in [0, 0.05) is 31.3 Å². The van der Waals surface area contributed by atoms with Gasteiger partial charge in [-0.05, 0) is 39.3 Å². The number of nitrogens with two attached hydrogens (primary N) is 1. The first-order chi connectivity index (χ1) is 10.2. The largest absolute Gasteiger partial charge is 0.494 e. The Morgan fingerprint density at radius 2 is 2.10 bits per heavy atom. The van der Waals surface area contributed by atoms with E-state index in [1.165, 1.54) is 6.42 Å². The van der Waals surface area contributed by atoms with Crippen LogP contribution in [0.15, 0.2) is 24.3 Å². The van der Waals surface area contributed by atoms with Crippen molar-refractivity contribution < 1.29 is 9.47 Å². The third-order valence-corrected chi connectivity index (χ3v) is 3.94.